The lowest BCUT2D eigenvalue weighted by Gasteiger charge is -2.24. The van der Waals surface area contributed by atoms with Crippen LogP contribution in [0.15, 0.2) is 36.4 Å². The number of nitrogens with one attached hydrogen (secondary N) is 1. The summed E-state index contributed by atoms with van der Waals surface area (Å²) in [5.74, 6) is -0.197. The van der Waals surface area contributed by atoms with Gasteiger partial charge in [0, 0.05) is 31.4 Å². The monoisotopic (exact) mass is 250 g/mol. The summed E-state index contributed by atoms with van der Waals surface area (Å²) in [6, 6.07) is 7.14. The van der Waals surface area contributed by atoms with Gasteiger partial charge in [0.05, 0.1) is 0 Å². The van der Waals surface area contributed by atoms with Crippen molar-refractivity contribution in [2.45, 2.75) is 26.8 Å². The summed E-state index contributed by atoms with van der Waals surface area (Å²) in [7, 11) is 0. The molecule has 0 aliphatic rings. The summed E-state index contributed by atoms with van der Waals surface area (Å²) in [4.78, 5) is 2.12. The molecule has 1 aromatic rings. The molecule has 0 unspecified atom stereocenters. The van der Waals surface area contributed by atoms with Crippen LogP contribution in [0.25, 0.3) is 0 Å². The van der Waals surface area contributed by atoms with Crippen LogP contribution in [0.3, 0.4) is 0 Å². The lowest BCUT2D eigenvalue weighted by molar-refractivity contribution is 0.614. The van der Waals surface area contributed by atoms with Crippen molar-refractivity contribution in [3.63, 3.8) is 0 Å². The summed E-state index contributed by atoms with van der Waals surface area (Å²) in [6.45, 7) is 12.7. The van der Waals surface area contributed by atoms with Crippen LogP contribution >= 0.6 is 0 Å². The highest BCUT2D eigenvalue weighted by Gasteiger charge is 2.07. The second kappa shape index (κ2) is 7.17. The Morgan fingerprint density at radius 2 is 2.17 bits per heavy atom. The first-order chi connectivity index (χ1) is 8.52. The molecule has 0 saturated heterocycles. The van der Waals surface area contributed by atoms with Crippen molar-refractivity contribution in [2.24, 2.45) is 0 Å². The number of halogens is 1. The Labute approximate surface area is 110 Å². The van der Waals surface area contributed by atoms with Crippen molar-refractivity contribution in [1.29, 1.82) is 0 Å². The number of nitrogens with zero attached hydrogens (tertiary/aromatic N) is 1. The van der Waals surface area contributed by atoms with Crippen LogP contribution in [0.5, 0.6) is 0 Å². The average molecular weight is 250 g/mol. The quantitative estimate of drug-likeness (QED) is 0.748. The molecule has 2 nitrogen and oxygen atoms in total. The Morgan fingerprint density at radius 1 is 1.44 bits per heavy atom. The van der Waals surface area contributed by atoms with Gasteiger partial charge in [-0.15, -0.1) is 0 Å². The van der Waals surface area contributed by atoms with Gasteiger partial charge in [-0.25, -0.2) is 4.39 Å². The molecule has 0 heterocycles. The van der Waals surface area contributed by atoms with E-state index in [0.717, 1.165) is 30.9 Å². The maximum Gasteiger partial charge on any atom is 0.125 e. The molecule has 3 heteroatoms. The normalized spacial score (nSPS) is 10.7. The van der Waals surface area contributed by atoms with E-state index in [4.69, 9.17) is 0 Å². The summed E-state index contributed by atoms with van der Waals surface area (Å²) in [6.07, 6.45) is 0. The van der Waals surface area contributed by atoms with Crippen molar-refractivity contribution in [2.75, 3.05) is 24.5 Å². The SMILES string of the molecule is C=C(CNC(C)C)CN(CC)c1cccc(F)c1. The summed E-state index contributed by atoms with van der Waals surface area (Å²) >= 11 is 0. The molecule has 0 atom stereocenters. The molecule has 0 fully saturated rings. The standard InChI is InChI=1S/C15H23FN2/c1-5-18(11-13(4)10-17-12(2)3)15-8-6-7-14(16)9-15/h6-9,12,17H,4-5,10-11H2,1-3H3. The largest absolute Gasteiger partial charge is 0.368 e. The molecule has 0 bridgehead atoms. The molecule has 18 heavy (non-hydrogen) atoms. The molecule has 1 rings (SSSR count). The van der Waals surface area contributed by atoms with Gasteiger partial charge in [-0.1, -0.05) is 26.5 Å². The van der Waals surface area contributed by atoms with Crippen molar-refractivity contribution < 1.29 is 4.39 Å². The van der Waals surface area contributed by atoms with Crippen LogP contribution in [0.2, 0.25) is 0 Å². The van der Waals surface area contributed by atoms with Crippen LogP contribution in [-0.2, 0) is 0 Å². The van der Waals surface area contributed by atoms with E-state index in [9.17, 15) is 4.39 Å². The zero-order chi connectivity index (χ0) is 13.5. The highest BCUT2D eigenvalue weighted by molar-refractivity contribution is 5.47. The van der Waals surface area contributed by atoms with Gasteiger partial charge in [-0.05, 0) is 30.7 Å². The topological polar surface area (TPSA) is 15.3 Å². The summed E-state index contributed by atoms with van der Waals surface area (Å²) in [5, 5.41) is 3.34. The maximum atomic E-state index is 13.2. The average Bonchev–Trinajstić information content (AvgIpc) is 2.33. The molecule has 0 spiro atoms. The first-order valence-corrected chi connectivity index (χ1v) is 6.43. The first kappa shape index (κ1) is 14.7. The third kappa shape index (κ3) is 4.88. The van der Waals surface area contributed by atoms with Gasteiger partial charge in [0.1, 0.15) is 5.82 Å². The number of likely N-dealkylation sites (N-methyl/N-ethyl adjacent to an activating group) is 1. The number of benzene rings is 1. The fourth-order valence-corrected chi connectivity index (χ4v) is 1.73. The Hall–Kier alpha value is -1.35. The van der Waals surface area contributed by atoms with E-state index in [0.29, 0.717) is 6.04 Å². The Kier molecular flexibility index (Phi) is 5.86. The molecule has 0 aliphatic heterocycles. The second-order valence-electron chi connectivity index (χ2n) is 4.78. The Bertz CT molecular complexity index is 388. The van der Waals surface area contributed by atoms with E-state index in [1.54, 1.807) is 12.1 Å². The predicted octanol–water partition coefficient (Wildman–Crippen LogP) is 3.21. The van der Waals surface area contributed by atoms with Crippen molar-refractivity contribution in [3.8, 4) is 0 Å². The van der Waals surface area contributed by atoms with E-state index in [1.165, 1.54) is 6.07 Å². The van der Waals surface area contributed by atoms with Gasteiger partial charge in [0.25, 0.3) is 0 Å². The van der Waals surface area contributed by atoms with E-state index in [1.807, 2.05) is 6.07 Å². The number of anilines is 1. The molecule has 0 saturated carbocycles. The molecular formula is C15H23FN2. The van der Waals surface area contributed by atoms with E-state index in [-0.39, 0.29) is 5.82 Å². The van der Waals surface area contributed by atoms with Crippen LogP contribution in [0.4, 0.5) is 10.1 Å². The zero-order valence-electron chi connectivity index (χ0n) is 11.5. The van der Waals surface area contributed by atoms with Crippen molar-refractivity contribution >= 4 is 5.69 Å². The fraction of sp³-hybridized carbons (Fsp3) is 0.467. The summed E-state index contributed by atoms with van der Waals surface area (Å²) in [5.41, 5.74) is 2.01. The van der Waals surface area contributed by atoms with E-state index in [2.05, 4.69) is 37.6 Å². The molecule has 1 aromatic carbocycles. The minimum Gasteiger partial charge on any atom is -0.368 e. The first-order valence-electron chi connectivity index (χ1n) is 6.43. The van der Waals surface area contributed by atoms with Gasteiger partial charge >= 0.3 is 0 Å². The Morgan fingerprint density at radius 3 is 2.72 bits per heavy atom. The third-order valence-electron chi connectivity index (χ3n) is 2.73. The Balaban J connectivity index is 2.59. The maximum absolute atomic E-state index is 13.2. The van der Waals surface area contributed by atoms with E-state index < -0.39 is 0 Å². The summed E-state index contributed by atoms with van der Waals surface area (Å²) < 4.78 is 13.2. The fourth-order valence-electron chi connectivity index (χ4n) is 1.73. The molecule has 0 radical (unpaired) electrons. The molecule has 0 amide bonds. The third-order valence-corrected chi connectivity index (χ3v) is 2.73. The van der Waals surface area contributed by atoms with Crippen LogP contribution < -0.4 is 10.2 Å². The molecule has 1 N–H and O–H groups in total. The van der Waals surface area contributed by atoms with Crippen LogP contribution in [0.1, 0.15) is 20.8 Å². The number of hydrogen-bond donors (Lipinski definition) is 1. The molecule has 0 aliphatic carbocycles. The van der Waals surface area contributed by atoms with Gasteiger partial charge in [-0.3, -0.25) is 0 Å². The number of hydrogen-bond acceptors (Lipinski definition) is 2. The highest BCUT2D eigenvalue weighted by Crippen LogP contribution is 2.16. The highest BCUT2D eigenvalue weighted by atomic mass is 19.1. The van der Waals surface area contributed by atoms with Gasteiger partial charge < -0.3 is 10.2 Å². The van der Waals surface area contributed by atoms with E-state index >= 15 is 0 Å². The van der Waals surface area contributed by atoms with Crippen LogP contribution in [-0.4, -0.2) is 25.7 Å². The predicted molar refractivity (Wildman–Crippen MR) is 76.6 cm³/mol. The molecular weight excluding hydrogens is 227 g/mol. The van der Waals surface area contributed by atoms with Gasteiger partial charge in [-0.2, -0.15) is 0 Å². The smallest absolute Gasteiger partial charge is 0.125 e. The molecule has 100 valence electrons. The van der Waals surface area contributed by atoms with Crippen molar-refractivity contribution in [3.05, 3.63) is 42.2 Å². The van der Waals surface area contributed by atoms with Crippen LogP contribution in [0, 0.1) is 5.82 Å². The lowest BCUT2D eigenvalue weighted by Crippen LogP contribution is -2.31. The molecule has 0 aromatic heterocycles. The second-order valence-corrected chi connectivity index (χ2v) is 4.78. The van der Waals surface area contributed by atoms with Crippen molar-refractivity contribution in [1.82, 2.24) is 5.32 Å². The number of rotatable bonds is 7. The minimum atomic E-state index is -0.197. The zero-order valence-corrected chi connectivity index (χ0v) is 11.5. The van der Waals surface area contributed by atoms with Gasteiger partial charge in [0.2, 0.25) is 0 Å². The minimum absolute atomic E-state index is 0.197. The lowest BCUT2D eigenvalue weighted by atomic mass is 10.2. The van der Waals surface area contributed by atoms with Gasteiger partial charge in [0.15, 0.2) is 0 Å².